The van der Waals surface area contributed by atoms with Crippen molar-refractivity contribution in [2.24, 2.45) is 0 Å². The highest BCUT2D eigenvalue weighted by Crippen LogP contribution is 2.16. The fraction of sp³-hybridized carbons (Fsp3) is 0.300. The van der Waals surface area contributed by atoms with Gasteiger partial charge in [-0.2, -0.15) is 4.31 Å². The number of urea groups is 1. The Balaban J connectivity index is 1.47. The number of sulfonamides is 1. The van der Waals surface area contributed by atoms with Gasteiger partial charge in [0.2, 0.25) is 10.0 Å². The number of rotatable bonds is 5. The molecule has 1 saturated heterocycles. The van der Waals surface area contributed by atoms with Gasteiger partial charge in [0.25, 0.3) is 5.91 Å². The second-order valence-electron chi connectivity index (χ2n) is 7.01. The van der Waals surface area contributed by atoms with Crippen molar-refractivity contribution in [3.63, 3.8) is 0 Å². The Bertz CT molecular complexity index is 954. The lowest BCUT2D eigenvalue weighted by Gasteiger charge is -2.31. The fourth-order valence-electron chi connectivity index (χ4n) is 3.16. The molecule has 3 N–H and O–H groups in total. The SMILES string of the molecule is Cc1ccc(S(=O)(=O)N2CC[NH+](CC(=O)NC(=O)Nc3ccccc3)CC2)cc1. The Kier molecular flexibility index (Phi) is 6.63. The number of carbonyl (C=O) groups is 2. The summed E-state index contributed by atoms with van der Waals surface area (Å²) < 4.78 is 26.9. The molecule has 0 spiro atoms. The second kappa shape index (κ2) is 9.17. The van der Waals surface area contributed by atoms with Crippen molar-refractivity contribution in [2.75, 3.05) is 38.0 Å². The third kappa shape index (κ3) is 5.63. The Morgan fingerprint density at radius 2 is 1.62 bits per heavy atom. The molecule has 3 amide bonds. The maximum Gasteiger partial charge on any atom is 0.326 e. The summed E-state index contributed by atoms with van der Waals surface area (Å²) in [6.07, 6.45) is 0. The average molecular weight is 418 g/mol. The van der Waals surface area contributed by atoms with Gasteiger partial charge in [0.05, 0.1) is 31.1 Å². The van der Waals surface area contributed by atoms with Gasteiger partial charge in [0.15, 0.2) is 6.54 Å². The van der Waals surface area contributed by atoms with E-state index in [9.17, 15) is 18.0 Å². The molecule has 1 fully saturated rings. The van der Waals surface area contributed by atoms with E-state index in [1.807, 2.05) is 13.0 Å². The molecule has 2 aromatic carbocycles. The first-order valence-corrected chi connectivity index (χ1v) is 10.8. The van der Waals surface area contributed by atoms with E-state index >= 15 is 0 Å². The van der Waals surface area contributed by atoms with Crippen LogP contribution in [-0.2, 0) is 14.8 Å². The first-order valence-electron chi connectivity index (χ1n) is 9.41. The molecule has 0 radical (unpaired) electrons. The number of amides is 3. The third-order valence-corrected chi connectivity index (χ3v) is 6.70. The molecule has 3 rings (SSSR count). The van der Waals surface area contributed by atoms with Crippen LogP contribution in [0.4, 0.5) is 10.5 Å². The van der Waals surface area contributed by atoms with Gasteiger partial charge in [-0.3, -0.25) is 10.1 Å². The smallest absolute Gasteiger partial charge is 0.325 e. The lowest BCUT2D eigenvalue weighted by atomic mass is 10.2. The minimum Gasteiger partial charge on any atom is -0.325 e. The molecule has 2 aromatic rings. The van der Waals surface area contributed by atoms with Crippen LogP contribution in [0.3, 0.4) is 0 Å². The Labute approximate surface area is 170 Å². The van der Waals surface area contributed by atoms with Gasteiger partial charge in [-0.25, -0.2) is 13.2 Å². The minimum atomic E-state index is -3.53. The summed E-state index contributed by atoms with van der Waals surface area (Å²) in [5, 5.41) is 4.90. The molecule has 0 bridgehead atoms. The van der Waals surface area contributed by atoms with Crippen molar-refractivity contribution >= 4 is 27.6 Å². The van der Waals surface area contributed by atoms with E-state index in [2.05, 4.69) is 10.6 Å². The van der Waals surface area contributed by atoms with Crippen molar-refractivity contribution in [3.8, 4) is 0 Å². The van der Waals surface area contributed by atoms with E-state index in [4.69, 9.17) is 0 Å². The van der Waals surface area contributed by atoms with Gasteiger partial charge >= 0.3 is 6.03 Å². The highest BCUT2D eigenvalue weighted by atomic mass is 32.2. The summed E-state index contributed by atoms with van der Waals surface area (Å²) in [7, 11) is -3.53. The number of quaternary nitrogens is 1. The molecule has 1 aliphatic heterocycles. The van der Waals surface area contributed by atoms with Crippen molar-refractivity contribution in [3.05, 3.63) is 60.2 Å². The van der Waals surface area contributed by atoms with Crippen molar-refractivity contribution in [1.29, 1.82) is 0 Å². The first kappa shape index (κ1) is 21.0. The Hall–Kier alpha value is -2.75. The summed E-state index contributed by atoms with van der Waals surface area (Å²) in [6.45, 7) is 3.67. The summed E-state index contributed by atoms with van der Waals surface area (Å²) >= 11 is 0. The number of piperazine rings is 1. The van der Waals surface area contributed by atoms with E-state index in [0.717, 1.165) is 10.5 Å². The van der Waals surface area contributed by atoms with Gasteiger partial charge in [-0.15, -0.1) is 0 Å². The third-order valence-electron chi connectivity index (χ3n) is 4.78. The number of nitrogens with zero attached hydrogens (tertiary/aromatic N) is 1. The molecule has 29 heavy (non-hydrogen) atoms. The van der Waals surface area contributed by atoms with Crippen LogP contribution in [0.15, 0.2) is 59.5 Å². The number of anilines is 1. The van der Waals surface area contributed by atoms with E-state index < -0.39 is 22.0 Å². The largest absolute Gasteiger partial charge is 0.326 e. The molecular formula is C20H25N4O4S+. The molecule has 0 unspecified atom stereocenters. The number of nitrogens with one attached hydrogen (secondary N) is 3. The molecule has 0 aromatic heterocycles. The van der Waals surface area contributed by atoms with E-state index in [1.54, 1.807) is 48.5 Å². The average Bonchev–Trinajstić information content (AvgIpc) is 2.69. The summed E-state index contributed by atoms with van der Waals surface area (Å²) in [4.78, 5) is 25.2. The van der Waals surface area contributed by atoms with Gasteiger partial charge in [-0.1, -0.05) is 35.9 Å². The van der Waals surface area contributed by atoms with Crippen LogP contribution in [-0.4, -0.2) is 57.4 Å². The molecule has 0 atom stereocenters. The molecule has 8 nitrogen and oxygen atoms in total. The Morgan fingerprint density at radius 1 is 1.00 bits per heavy atom. The van der Waals surface area contributed by atoms with Crippen LogP contribution in [0.2, 0.25) is 0 Å². The molecule has 0 saturated carbocycles. The number of imide groups is 1. The fourth-order valence-corrected chi connectivity index (χ4v) is 4.60. The monoisotopic (exact) mass is 417 g/mol. The number of carbonyl (C=O) groups excluding carboxylic acids is 2. The summed E-state index contributed by atoms with van der Waals surface area (Å²) in [5.41, 5.74) is 1.60. The van der Waals surface area contributed by atoms with Gasteiger partial charge in [0.1, 0.15) is 0 Å². The van der Waals surface area contributed by atoms with Crippen LogP contribution < -0.4 is 15.5 Å². The highest BCUT2D eigenvalue weighted by molar-refractivity contribution is 7.89. The van der Waals surface area contributed by atoms with Crippen LogP contribution >= 0.6 is 0 Å². The van der Waals surface area contributed by atoms with Crippen LogP contribution in [0, 0.1) is 6.92 Å². The predicted molar refractivity (Wildman–Crippen MR) is 109 cm³/mol. The van der Waals surface area contributed by atoms with E-state index in [0.29, 0.717) is 31.9 Å². The predicted octanol–water partition coefficient (Wildman–Crippen LogP) is 0.233. The minimum absolute atomic E-state index is 0.112. The Morgan fingerprint density at radius 3 is 2.24 bits per heavy atom. The number of para-hydroxylation sites is 1. The lowest BCUT2D eigenvalue weighted by molar-refractivity contribution is -0.895. The maximum atomic E-state index is 12.7. The van der Waals surface area contributed by atoms with Gasteiger partial charge in [-0.05, 0) is 31.2 Å². The van der Waals surface area contributed by atoms with E-state index in [1.165, 1.54) is 4.31 Å². The molecular weight excluding hydrogens is 392 g/mol. The number of benzene rings is 2. The van der Waals surface area contributed by atoms with Crippen LogP contribution in [0.5, 0.6) is 0 Å². The summed E-state index contributed by atoms with van der Waals surface area (Å²) in [5.74, 6) is -0.400. The molecule has 1 heterocycles. The molecule has 1 aliphatic rings. The topological polar surface area (TPSA) is 100 Å². The van der Waals surface area contributed by atoms with Crippen LogP contribution in [0.1, 0.15) is 5.56 Å². The van der Waals surface area contributed by atoms with Crippen molar-refractivity contribution in [1.82, 2.24) is 9.62 Å². The molecule has 0 aliphatic carbocycles. The summed E-state index contributed by atoms with van der Waals surface area (Å²) in [6, 6.07) is 15.0. The van der Waals surface area contributed by atoms with E-state index in [-0.39, 0.29) is 11.4 Å². The second-order valence-corrected chi connectivity index (χ2v) is 8.95. The molecule has 9 heteroatoms. The number of hydrogen-bond acceptors (Lipinski definition) is 4. The van der Waals surface area contributed by atoms with Gasteiger partial charge < -0.3 is 10.2 Å². The van der Waals surface area contributed by atoms with Gasteiger partial charge in [0, 0.05) is 5.69 Å². The standard InChI is InChI=1S/C20H24N4O4S/c1-16-7-9-18(10-8-16)29(27,28)24-13-11-23(12-14-24)15-19(25)22-20(26)21-17-5-3-2-4-6-17/h2-10H,11-15H2,1H3,(H2,21,22,25,26)/p+1. The molecule has 154 valence electrons. The highest BCUT2D eigenvalue weighted by Gasteiger charge is 2.31. The first-order chi connectivity index (χ1) is 13.8. The quantitative estimate of drug-likeness (QED) is 0.649. The zero-order chi connectivity index (χ0) is 20.9. The maximum absolute atomic E-state index is 12.7. The normalized spacial score (nSPS) is 15.6. The zero-order valence-corrected chi connectivity index (χ0v) is 17.0. The number of hydrogen-bond donors (Lipinski definition) is 3. The van der Waals surface area contributed by atoms with Crippen molar-refractivity contribution in [2.45, 2.75) is 11.8 Å². The van der Waals surface area contributed by atoms with Crippen molar-refractivity contribution < 1.29 is 22.9 Å². The van der Waals surface area contributed by atoms with Crippen LogP contribution in [0.25, 0.3) is 0 Å². The lowest BCUT2D eigenvalue weighted by Crippen LogP contribution is -3.15. The zero-order valence-electron chi connectivity index (χ0n) is 16.2. The number of aryl methyl sites for hydroxylation is 1.